The van der Waals surface area contributed by atoms with Crippen molar-refractivity contribution in [2.24, 2.45) is 0 Å². The van der Waals surface area contributed by atoms with E-state index in [-0.39, 0.29) is 6.10 Å². The third-order valence-corrected chi connectivity index (χ3v) is 2.25. The Labute approximate surface area is 68.6 Å². The highest BCUT2D eigenvalue weighted by Gasteiger charge is 2.20. The molecule has 0 amide bonds. The summed E-state index contributed by atoms with van der Waals surface area (Å²) in [5, 5.41) is 10.7. The minimum Gasteiger partial charge on any atom is -0.389 e. The third kappa shape index (κ3) is 3.29. The average Bonchev–Trinajstić information content (AvgIpc) is 2.31. The number of rotatable bonds is 3. The van der Waals surface area contributed by atoms with Crippen molar-refractivity contribution in [1.29, 1.82) is 0 Å². The van der Waals surface area contributed by atoms with Crippen molar-refractivity contribution in [3.63, 3.8) is 0 Å². The van der Waals surface area contributed by atoms with Crippen molar-refractivity contribution in [3.8, 4) is 0 Å². The molecule has 0 spiro atoms. The van der Waals surface area contributed by atoms with E-state index in [4.69, 9.17) is 9.94 Å². The van der Waals surface area contributed by atoms with Gasteiger partial charge in [-0.15, -0.1) is 0 Å². The summed E-state index contributed by atoms with van der Waals surface area (Å²) < 4.78 is 10.6. The van der Waals surface area contributed by atoms with Gasteiger partial charge in [0.25, 0.3) is 0 Å². The number of nitrogens with zero attached hydrogens (tertiary/aromatic N) is 1. The van der Waals surface area contributed by atoms with Crippen LogP contribution in [0.3, 0.4) is 0 Å². The molecule has 4 nitrogen and oxygen atoms in total. The van der Waals surface area contributed by atoms with Crippen LogP contribution in [0.2, 0.25) is 0 Å². The van der Waals surface area contributed by atoms with Gasteiger partial charge >= 0.3 is 0 Å². The van der Waals surface area contributed by atoms with Crippen molar-refractivity contribution in [1.82, 2.24) is 5.06 Å². The molecule has 2 atom stereocenters. The smallest absolute Gasteiger partial charge is 0.0958 e. The largest absolute Gasteiger partial charge is 0.389 e. The van der Waals surface area contributed by atoms with E-state index in [2.05, 4.69) is 0 Å². The van der Waals surface area contributed by atoms with Crippen molar-refractivity contribution < 1.29 is 14.2 Å². The Morgan fingerprint density at radius 1 is 1.82 bits per heavy atom. The van der Waals surface area contributed by atoms with Crippen LogP contribution >= 0.6 is 0 Å². The summed E-state index contributed by atoms with van der Waals surface area (Å²) in [4.78, 5) is 5.06. The van der Waals surface area contributed by atoms with Gasteiger partial charge in [-0.1, -0.05) is 0 Å². The lowest BCUT2D eigenvalue weighted by Gasteiger charge is -2.11. The Morgan fingerprint density at radius 2 is 2.55 bits per heavy atom. The lowest BCUT2D eigenvalue weighted by molar-refractivity contribution is -0.105. The number of aliphatic hydroxyl groups is 1. The highest BCUT2D eigenvalue weighted by Crippen LogP contribution is 2.04. The van der Waals surface area contributed by atoms with E-state index in [1.54, 1.807) is 11.3 Å². The number of β-amino-alcohol motifs (C(OH)–C–C–N with tert-alkyl or cyclic N) is 1. The molecule has 0 aromatic rings. The second kappa shape index (κ2) is 4.15. The van der Waals surface area contributed by atoms with Gasteiger partial charge in [0.15, 0.2) is 0 Å². The fraction of sp³-hybridized carbons (Fsp3) is 1.00. The molecule has 0 aliphatic carbocycles. The van der Waals surface area contributed by atoms with Crippen molar-refractivity contribution in [2.45, 2.75) is 6.10 Å². The van der Waals surface area contributed by atoms with Gasteiger partial charge in [-0.3, -0.25) is 9.05 Å². The lowest BCUT2D eigenvalue weighted by atomic mass is 10.4. The van der Waals surface area contributed by atoms with Gasteiger partial charge in [-0.25, -0.2) is 0 Å². The molecule has 1 N–H and O–H groups in total. The van der Waals surface area contributed by atoms with E-state index in [0.717, 1.165) is 0 Å². The first-order valence-corrected chi connectivity index (χ1v) is 5.27. The molecule has 1 heterocycles. The Morgan fingerprint density at radius 3 is 3.00 bits per heavy atom. The molecular formula is C6H13NO3S. The molecule has 1 fully saturated rings. The minimum atomic E-state index is -0.776. The topological polar surface area (TPSA) is 49.8 Å². The maximum atomic E-state index is 10.6. The van der Waals surface area contributed by atoms with Gasteiger partial charge < -0.3 is 5.11 Å². The molecule has 1 aliphatic rings. The van der Waals surface area contributed by atoms with Gasteiger partial charge in [0.1, 0.15) is 0 Å². The van der Waals surface area contributed by atoms with Crippen LogP contribution in [0.1, 0.15) is 0 Å². The van der Waals surface area contributed by atoms with Gasteiger partial charge in [-0.05, 0) is 0 Å². The van der Waals surface area contributed by atoms with E-state index >= 15 is 0 Å². The summed E-state index contributed by atoms with van der Waals surface area (Å²) in [6.07, 6.45) is 1.28. The molecule has 0 saturated carbocycles. The molecule has 1 unspecified atom stereocenters. The normalized spacial score (nSPS) is 29.1. The Kier molecular flexibility index (Phi) is 3.45. The van der Waals surface area contributed by atoms with Crippen molar-refractivity contribution in [2.75, 3.05) is 31.7 Å². The van der Waals surface area contributed by atoms with Gasteiger partial charge in [0, 0.05) is 29.4 Å². The van der Waals surface area contributed by atoms with Crippen LogP contribution in [-0.2, 0) is 15.6 Å². The predicted molar refractivity (Wildman–Crippen MR) is 42.5 cm³/mol. The van der Waals surface area contributed by atoms with Crippen molar-refractivity contribution >= 4 is 10.8 Å². The first-order valence-electron chi connectivity index (χ1n) is 3.54. The van der Waals surface area contributed by atoms with Gasteiger partial charge in [-0.2, -0.15) is 5.06 Å². The summed E-state index contributed by atoms with van der Waals surface area (Å²) in [5.41, 5.74) is 0. The first-order chi connectivity index (χ1) is 5.18. The molecular weight excluding hydrogens is 166 g/mol. The highest BCUT2D eigenvalue weighted by atomic mass is 32.2. The molecule has 0 radical (unpaired) electrons. The Hall–Kier alpha value is 0.0300. The average molecular weight is 179 g/mol. The van der Waals surface area contributed by atoms with Crippen LogP contribution in [0.4, 0.5) is 0 Å². The first kappa shape index (κ1) is 9.12. The van der Waals surface area contributed by atoms with Crippen LogP contribution in [-0.4, -0.2) is 52.2 Å². The van der Waals surface area contributed by atoms with Gasteiger partial charge in [0.05, 0.1) is 19.3 Å². The molecule has 0 bridgehead atoms. The molecule has 0 aromatic heterocycles. The maximum absolute atomic E-state index is 10.6. The third-order valence-electron chi connectivity index (χ3n) is 1.49. The summed E-state index contributed by atoms with van der Waals surface area (Å²) in [6.45, 7) is 1.55. The fourth-order valence-electron chi connectivity index (χ4n) is 0.918. The van der Waals surface area contributed by atoms with E-state index in [0.29, 0.717) is 25.4 Å². The van der Waals surface area contributed by atoms with Crippen LogP contribution < -0.4 is 0 Å². The minimum absolute atomic E-state index is 0.371. The summed E-state index contributed by atoms with van der Waals surface area (Å²) in [7, 11) is -0.776. The maximum Gasteiger partial charge on any atom is 0.0958 e. The zero-order valence-electron chi connectivity index (χ0n) is 6.52. The van der Waals surface area contributed by atoms with Crippen molar-refractivity contribution in [3.05, 3.63) is 0 Å². The van der Waals surface area contributed by atoms with E-state index < -0.39 is 10.8 Å². The summed E-state index contributed by atoms with van der Waals surface area (Å²) >= 11 is 0. The molecule has 66 valence electrons. The van der Waals surface area contributed by atoms with E-state index in [9.17, 15) is 4.21 Å². The zero-order chi connectivity index (χ0) is 8.27. The molecule has 1 aliphatic heterocycles. The van der Waals surface area contributed by atoms with Gasteiger partial charge in [0.2, 0.25) is 0 Å². The van der Waals surface area contributed by atoms with E-state index in [1.807, 2.05) is 0 Å². The summed E-state index contributed by atoms with van der Waals surface area (Å²) in [6, 6.07) is 0. The predicted octanol–water partition coefficient (Wildman–Crippen LogP) is -1.03. The molecule has 11 heavy (non-hydrogen) atoms. The lowest BCUT2D eigenvalue weighted by Crippen LogP contribution is -2.25. The Bertz CT molecular complexity index is 153. The van der Waals surface area contributed by atoms with Crippen LogP contribution in [0.5, 0.6) is 0 Å². The molecule has 1 rings (SSSR count). The second-order valence-electron chi connectivity index (χ2n) is 2.61. The monoisotopic (exact) mass is 179 g/mol. The molecule has 5 heteroatoms. The summed E-state index contributed by atoms with van der Waals surface area (Å²) in [5.74, 6) is 0.604. The number of hydrogen-bond acceptors (Lipinski definition) is 4. The van der Waals surface area contributed by atoms with Crippen LogP contribution in [0.15, 0.2) is 0 Å². The molecule has 0 aromatic carbocycles. The van der Waals surface area contributed by atoms with Crippen LogP contribution in [0, 0.1) is 0 Å². The SMILES string of the molecule is CS(=O)CCN1C[C@H](O)CO1. The fourth-order valence-corrected chi connectivity index (χ4v) is 1.38. The number of hydroxylamine groups is 2. The van der Waals surface area contributed by atoms with Crippen LogP contribution in [0.25, 0.3) is 0 Å². The second-order valence-corrected chi connectivity index (χ2v) is 4.17. The number of hydrogen-bond donors (Lipinski definition) is 1. The molecule has 1 saturated heterocycles. The zero-order valence-corrected chi connectivity index (χ0v) is 7.34. The van der Waals surface area contributed by atoms with E-state index in [1.165, 1.54) is 0 Å². The quantitative estimate of drug-likeness (QED) is 0.602. The number of aliphatic hydroxyl groups excluding tert-OH is 1. The standard InChI is InChI=1S/C6H13NO3S/c1-11(9)3-2-7-4-6(8)5-10-7/h6,8H,2-5H2,1H3/t6-,11?/m0/s1. The highest BCUT2D eigenvalue weighted by molar-refractivity contribution is 7.84. The Balaban J connectivity index is 2.13.